The predicted octanol–water partition coefficient (Wildman–Crippen LogP) is 6.68. The van der Waals surface area contributed by atoms with E-state index in [4.69, 9.17) is 58.0 Å². The Hall–Kier alpha value is -2.81. The molecule has 0 saturated heterocycles. The summed E-state index contributed by atoms with van der Waals surface area (Å²) in [6.45, 7) is 0.274. The molecule has 1 saturated carbocycles. The van der Waals surface area contributed by atoms with Crippen LogP contribution >= 0.6 is 58.0 Å². The Kier molecular flexibility index (Phi) is 7.58. The molecule has 2 N–H and O–H groups in total. The molecule has 7 nitrogen and oxygen atoms in total. The second-order valence-electron chi connectivity index (χ2n) is 8.71. The second-order valence-corrected chi connectivity index (χ2v) is 11.4. The number of hydrogen-bond acceptors (Lipinski definition) is 4. The Labute approximate surface area is 243 Å². The molecule has 4 aromatic rings. The quantitative estimate of drug-likeness (QED) is 0.229. The van der Waals surface area contributed by atoms with Gasteiger partial charge in [-0.05, 0) is 59.7 Å². The minimum atomic E-state index is -1.33. The molecule has 2 atom stereocenters. The Morgan fingerprint density at radius 2 is 1.66 bits per heavy atom. The van der Waals surface area contributed by atoms with Crippen LogP contribution in [0.1, 0.15) is 27.4 Å². The van der Waals surface area contributed by atoms with E-state index < -0.39 is 28.0 Å². The fourth-order valence-corrected chi connectivity index (χ4v) is 5.78. The first-order valence-electron chi connectivity index (χ1n) is 11.3. The third kappa shape index (κ3) is 5.63. The first-order valence-corrected chi connectivity index (χ1v) is 13.2. The summed E-state index contributed by atoms with van der Waals surface area (Å²) in [6, 6.07) is 17.1. The van der Waals surface area contributed by atoms with E-state index in [9.17, 15) is 9.59 Å². The highest BCUT2D eigenvalue weighted by Crippen LogP contribution is 2.65. The van der Waals surface area contributed by atoms with Gasteiger partial charge in [-0.1, -0.05) is 46.9 Å². The first-order chi connectivity index (χ1) is 18.1. The lowest BCUT2D eigenvalue weighted by Gasteiger charge is -2.11. The summed E-state index contributed by atoms with van der Waals surface area (Å²) in [7, 11) is 0. The van der Waals surface area contributed by atoms with Gasteiger partial charge >= 0.3 is 0 Å². The molecule has 1 aliphatic rings. The Bertz CT molecular complexity index is 1490. The van der Waals surface area contributed by atoms with Crippen molar-refractivity contribution in [3.63, 3.8) is 0 Å². The zero-order valence-corrected chi connectivity index (χ0v) is 23.1. The number of rotatable bonds is 7. The highest BCUT2D eigenvalue weighted by molar-refractivity contribution is 6.53. The first kappa shape index (κ1) is 26.8. The molecule has 1 fully saturated rings. The normalized spacial score (nSPS) is 17.6. The number of nitrogens with zero attached hydrogens (tertiary/aromatic N) is 3. The van der Waals surface area contributed by atoms with Gasteiger partial charge in [0.2, 0.25) is 5.91 Å². The summed E-state index contributed by atoms with van der Waals surface area (Å²) in [5.41, 5.74) is 2.97. The predicted molar refractivity (Wildman–Crippen MR) is 150 cm³/mol. The standard InChI is InChI=1S/C26H18Cl5N5O2/c27-16-7-15(8-17(28)9-16)22-23(26(22,30)31)25(38)35-18-3-6-21(29)20(10-18)24(37)33-11-14-1-4-19(5-2-14)36-13-32-12-34-36/h1-10,12-13,22-23H,11H2,(H,33,37)(H,35,38)/t22-,23+/m0/s1. The van der Waals surface area contributed by atoms with Crippen LogP contribution in [0.3, 0.4) is 0 Å². The van der Waals surface area contributed by atoms with Gasteiger partial charge in [0.1, 0.15) is 17.0 Å². The molecule has 0 aliphatic heterocycles. The SMILES string of the molecule is O=C(NCc1ccc(-n2cncn2)cc1)c1cc(NC(=O)[C@H]2[C@H](c3cc(Cl)cc(Cl)c3)C2(Cl)Cl)ccc1Cl. The second kappa shape index (κ2) is 10.8. The molecule has 1 heterocycles. The molecule has 1 aromatic heterocycles. The average Bonchev–Trinajstić information content (AvgIpc) is 3.18. The maximum Gasteiger partial charge on any atom is 0.253 e. The van der Waals surface area contributed by atoms with Crippen molar-refractivity contribution in [2.24, 2.45) is 5.92 Å². The Morgan fingerprint density at radius 1 is 0.947 bits per heavy atom. The van der Waals surface area contributed by atoms with Crippen molar-refractivity contribution in [2.75, 3.05) is 5.32 Å². The topological polar surface area (TPSA) is 88.9 Å². The fraction of sp³-hybridized carbons (Fsp3) is 0.154. The van der Waals surface area contributed by atoms with E-state index in [-0.39, 0.29) is 17.1 Å². The van der Waals surface area contributed by atoms with Crippen LogP contribution in [-0.2, 0) is 11.3 Å². The zero-order chi connectivity index (χ0) is 27.0. The van der Waals surface area contributed by atoms with Crippen molar-refractivity contribution in [3.05, 3.63) is 105 Å². The van der Waals surface area contributed by atoms with Crippen LogP contribution in [0.5, 0.6) is 0 Å². The van der Waals surface area contributed by atoms with Crippen LogP contribution in [0, 0.1) is 5.92 Å². The van der Waals surface area contributed by atoms with Crippen LogP contribution in [0.25, 0.3) is 5.69 Å². The van der Waals surface area contributed by atoms with Gasteiger partial charge in [0.05, 0.1) is 22.2 Å². The van der Waals surface area contributed by atoms with E-state index in [1.54, 1.807) is 35.3 Å². The van der Waals surface area contributed by atoms with Gasteiger partial charge in [0.25, 0.3) is 5.91 Å². The van der Waals surface area contributed by atoms with Gasteiger partial charge < -0.3 is 10.6 Å². The van der Waals surface area contributed by atoms with Gasteiger partial charge in [-0.3, -0.25) is 9.59 Å². The molecular formula is C26H18Cl5N5O2. The lowest BCUT2D eigenvalue weighted by Crippen LogP contribution is -2.23. The number of aromatic nitrogens is 3. The van der Waals surface area contributed by atoms with Crippen LogP contribution in [-0.4, -0.2) is 30.9 Å². The van der Waals surface area contributed by atoms with E-state index in [1.807, 2.05) is 24.3 Å². The van der Waals surface area contributed by atoms with E-state index in [0.29, 0.717) is 21.3 Å². The van der Waals surface area contributed by atoms with Crippen molar-refractivity contribution in [3.8, 4) is 5.69 Å². The summed E-state index contributed by atoms with van der Waals surface area (Å²) in [4.78, 5) is 29.9. The number of carbonyl (C=O) groups is 2. The fourth-order valence-electron chi connectivity index (χ4n) is 4.21. The summed E-state index contributed by atoms with van der Waals surface area (Å²) in [5, 5.41) is 10.8. The van der Waals surface area contributed by atoms with E-state index in [1.165, 1.54) is 18.5 Å². The smallest absolute Gasteiger partial charge is 0.253 e. The monoisotopic (exact) mass is 607 g/mol. The third-order valence-corrected chi connectivity index (χ3v) is 7.84. The highest BCUT2D eigenvalue weighted by atomic mass is 35.5. The van der Waals surface area contributed by atoms with Crippen molar-refractivity contribution in [1.29, 1.82) is 0 Å². The molecule has 12 heteroatoms. The molecule has 0 unspecified atom stereocenters. The Morgan fingerprint density at radius 3 is 2.32 bits per heavy atom. The molecule has 38 heavy (non-hydrogen) atoms. The van der Waals surface area contributed by atoms with Crippen molar-refractivity contribution in [1.82, 2.24) is 20.1 Å². The van der Waals surface area contributed by atoms with Crippen molar-refractivity contribution < 1.29 is 9.59 Å². The lowest BCUT2D eigenvalue weighted by atomic mass is 10.1. The van der Waals surface area contributed by atoms with Crippen molar-refractivity contribution in [2.45, 2.75) is 16.8 Å². The van der Waals surface area contributed by atoms with Crippen LogP contribution < -0.4 is 10.6 Å². The molecular weight excluding hydrogens is 592 g/mol. The number of amides is 2. The van der Waals surface area contributed by atoms with E-state index in [2.05, 4.69) is 20.7 Å². The number of alkyl halides is 2. The molecule has 5 rings (SSSR count). The molecule has 1 aliphatic carbocycles. The molecule has 2 amide bonds. The zero-order valence-electron chi connectivity index (χ0n) is 19.3. The summed E-state index contributed by atoms with van der Waals surface area (Å²) in [6.07, 6.45) is 3.05. The van der Waals surface area contributed by atoms with E-state index in [0.717, 1.165) is 11.3 Å². The number of hydrogen-bond donors (Lipinski definition) is 2. The van der Waals surface area contributed by atoms with Gasteiger partial charge in [0.15, 0.2) is 0 Å². The number of benzene rings is 3. The van der Waals surface area contributed by atoms with Gasteiger partial charge in [-0.15, -0.1) is 23.2 Å². The number of anilines is 1. The lowest BCUT2D eigenvalue weighted by molar-refractivity contribution is -0.117. The largest absolute Gasteiger partial charge is 0.348 e. The van der Waals surface area contributed by atoms with E-state index >= 15 is 0 Å². The minimum absolute atomic E-state index is 0.209. The maximum atomic E-state index is 13.0. The number of carbonyl (C=O) groups excluding carboxylic acids is 2. The average molecular weight is 610 g/mol. The number of nitrogens with one attached hydrogen (secondary N) is 2. The molecule has 0 spiro atoms. The molecule has 0 bridgehead atoms. The van der Waals surface area contributed by atoms with Gasteiger partial charge in [-0.25, -0.2) is 9.67 Å². The summed E-state index contributed by atoms with van der Waals surface area (Å²) >= 11 is 31.4. The highest BCUT2D eigenvalue weighted by Gasteiger charge is 2.67. The molecule has 194 valence electrons. The molecule has 0 radical (unpaired) electrons. The molecule has 3 aromatic carbocycles. The van der Waals surface area contributed by atoms with Crippen LogP contribution in [0.2, 0.25) is 15.1 Å². The minimum Gasteiger partial charge on any atom is -0.348 e. The summed E-state index contributed by atoms with van der Waals surface area (Å²) in [5.74, 6) is -2.03. The van der Waals surface area contributed by atoms with Crippen molar-refractivity contribution >= 4 is 75.5 Å². The Balaban J connectivity index is 1.24. The third-order valence-electron chi connectivity index (χ3n) is 6.13. The van der Waals surface area contributed by atoms with Crippen LogP contribution in [0.4, 0.5) is 5.69 Å². The maximum absolute atomic E-state index is 13.0. The van der Waals surface area contributed by atoms with Gasteiger partial charge in [-0.2, -0.15) is 5.10 Å². The van der Waals surface area contributed by atoms with Gasteiger partial charge in [0, 0.05) is 28.2 Å². The van der Waals surface area contributed by atoms with Crippen LogP contribution in [0.15, 0.2) is 73.3 Å². The number of halogens is 5. The summed E-state index contributed by atoms with van der Waals surface area (Å²) < 4.78 is 0.308.